The highest BCUT2D eigenvalue weighted by Gasteiger charge is 2.10. The minimum atomic E-state index is 0.243. The van der Waals surface area contributed by atoms with Crippen LogP contribution in [0.25, 0.3) is 0 Å². The second-order valence-electron chi connectivity index (χ2n) is 4.77. The summed E-state index contributed by atoms with van der Waals surface area (Å²) in [6.07, 6.45) is 1.77. The van der Waals surface area contributed by atoms with E-state index in [1.54, 1.807) is 6.20 Å². The molecule has 0 saturated heterocycles. The summed E-state index contributed by atoms with van der Waals surface area (Å²) >= 11 is 5.95. The average Bonchev–Trinajstić information content (AvgIpc) is 2.05. The van der Waals surface area contributed by atoms with Crippen LogP contribution in [0.3, 0.4) is 0 Å². The lowest BCUT2D eigenvalue weighted by atomic mass is 9.97. The molecule has 0 aromatic carbocycles. The number of rotatable bonds is 2. The average molecular weight is 213 g/mol. The first-order valence-corrected chi connectivity index (χ1v) is 5.12. The second kappa shape index (κ2) is 4.18. The number of pyridine rings is 1. The van der Waals surface area contributed by atoms with Gasteiger partial charge in [-0.1, -0.05) is 32.4 Å². The fourth-order valence-corrected chi connectivity index (χ4v) is 1.21. The van der Waals surface area contributed by atoms with Crippen LogP contribution < -0.4 is 5.32 Å². The molecule has 0 fully saturated rings. The Bertz CT molecular complexity index is 316. The largest absolute Gasteiger partial charge is 0.382 e. The molecule has 1 rings (SSSR count). The zero-order chi connectivity index (χ0) is 10.8. The summed E-state index contributed by atoms with van der Waals surface area (Å²) in [5.41, 5.74) is 2.28. The number of anilines is 1. The number of nitrogens with one attached hydrogen (secondary N) is 1. The number of aromatic nitrogens is 1. The quantitative estimate of drug-likeness (QED) is 0.760. The predicted octanol–water partition coefficient (Wildman–Crippen LogP) is 3.50. The Labute approximate surface area is 90.7 Å². The Kier molecular flexibility index (Phi) is 3.38. The highest BCUT2D eigenvalue weighted by atomic mass is 35.5. The van der Waals surface area contributed by atoms with Gasteiger partial charge in [-0.05, 0) is 24.0 Å². The van der Waals surface area contributed by atoms with Crippen LogP contribution in [-0.2, 0) is 0 Å². The molecule has 0 radical (unpaired) electrons. The molecule has 0 aliphatic carbocycles. The van der Waals surface area contributed by atoms with Crippen LogP contribution >= 0.6 is 11.6 Å². The van der Waals surface area contributed by atoms with E-state index in [-0.39, 0.29) is 5.41 Å². The molecular weight excluding hydrogens is 196 g/mol. The van der Waals surface area contributed by atoms with Crippen LogP contribution in [0.5, 0.6) is 0 Å². The summed E-state index contributed by atoms with van der Waals surface area (Å²) in [6.45, 7) is 9.43. The zero-order valence-corrected chi connectivity index (χ0v) is 9.94. The maximum Gasteiger partial charge on any atom is 0.152 e. The first kappa shape index (κ1) is 11.3. The topological polar surface area (TPSA) is 24.9 Å². The van der Waals surface area contributed by atoms with Crippen LogP contribution in [0, 0.1) is 12.3 Å². The lowest BCUT2D eigenvalue weighted by Crippen LogP contribution is -2.19. The molecule has 1 N–H and O–H groups in total. The smallest absolute Gasteiger partial charge is 0.152 e. The van der Waals surface area contributed by atoms with E-state index in [9.17, 15) is 0 Å². The van der Waals surface area contributed by atoms with E-state index < -0.39 is 0 Å². The van der Waals surface area contributed by atoms with Crippen LogP contribution in [0.2, 0.25) is 5.15 Å². The molecule has 0 unspecified atom stereocenters. The summed E-state index contributed by atoms with van der Waals surface area (Å²) in [7, 11) is 0. The summed E-state index contributed by atoms with van der Waals surface area (Å²) in [5.74, 6) is 0. The van der Waals surface area contributed by atoms with Crippen LogP contribution in [-0.4, -0.2) is 11.5 Å². The van der Waals surface area contributed by atoms with E-state index >= 15 is 0 Å². The van der Waals surface area contributed by atoms with Gasteiger partial charge in [-0.25, -0.2) is 4.98 Å². The van der Waals surface area contributed by atoms with Crippen molar-refractivity contribution >= 4 is 17.3 Å². The Balaban J connectivity index is 2.72. The molecule has 0 bridgehead atoms. The van der Waals surface area contributed by atoms with Crippen molar-refractivity contribution in [2.45, 2.75) is 27.7 Å². The Morgan fingerprint density at radius 1 is 1.43 bits per heavy atom. The fraction of sp³-hybridized carbons (Fsp3) is 0.545. The van der Waals surface area contributed by atoms with Gasteiger partial charge in [-0.2, -0.15) is 0 Å². The third-order valence-electron chi connectivity index (χ3n) is 1.78. The van der Waals surface area contributed by atoms with E-state index in [0.29, 0.717) is 5.15 Å². The Morgan fingerprint density at radius 3 is 2.64 bits per heavy atom. The van der Waals surface area contributed by atoms with Gasteiger partial charge in [0.25, 0.3) is 0 Å². The first-order valence-electron chi connectivity index (χ1n) is 4.74. The summed E-state index contributed by atoms with van der Waals surface area (Å²) in [6, 6.07) is 2.01. The van der Waals surface area contributed by atoms with Crippen LogP contribution in [0.4, 0.5) is 5.69 Å². The van der Waals surface area contributed by atoms with Crippen molar-refractivity contribution in [3.8, 4) is 0 Å². The van der Waals surface area contributed by atoms with Gasteiger partial charge in [-0.15, -0.1) is 0 Å². The maximum absolute atomic E-state index is 5.95. The number of hydrogen-bond donors (Lipinski definition) is 1. The van der Waals surface area contributed by atoms with Crippen LogP contribution in [0.1, 0.15) is 26.3 Å². The number of aryl methyl sites for hydroxylation is 1. The molecule has 14 heavy (non-hydrogen) atoms. The lowest BCUT2D eigenvalue weighted by Gasteiger charge is -2.20. The minimum Gasteiger partial charge on any atom is -0.382 e. The molecular formula is C11H17ClN2. The van der Waals surface area contributed by atoms with Crippen molar-refractivity contribution in [1.82, 2.24) is 4.98 Å². The van der Waals surface area contributed by atoms with E-state index in [1.807, 2.05) is 13.0 Å². The SMILES string of the molecule is Cc1cnc(Cl)c(NCC(C)(C)C)c1. The zero-order valence-electron chi connectivity index (χ0n) is 9.19. The molecule has 3 heteroatoms. The van der Waals surface area contributed by atoms with Gasteiger partial charge in [0, 0.05) is 12.7 Å². The molecule has 1 heterocycles. The fourth-order valence-electron chi connectivity index (χ4n) is 1.04. The number of nitrogens with zero attached hydrogens (tertiary/aromatic N) is 1. The van der Waals surface area contributed by atoms with Gasteiger partial charge in [0.15, 0.2) is 5.15 Å². The van der Waals surface area contributed by atoms with Crippen molar-refractivity contribution < 1.29 is 0 Å². The van der Waals surface area contributed by atoms with Crippen molar-refractivity contribution in [3.05, 3.63) is 23.0 Å². The van der Waals surface area contributed by atoms with Crippen molar-refractivity contribution in [1.29, 1.82) is 0 Å². The monoisotopic (exact) mass is 212 g/mol. The molecule has 0 atom stereocenters. The van der Waals surface area contributed by atoms with E-state index in [4.69, 9.17) is 11.6 Å². The van der Waals surface area contributed by atoms with E-state index in [1.165, 1.54) is 0 Å². The van der Waals surface area contributed by atoms with Gasteiger partial charge < -0.3 is 5.32 Å². The summed E-state index contributed by atoms with van der Waals surface area (Å²) in [5, 5.41) is 3.84. The van der Waals surface area contributed by atoms with Crippen molar-refractivity contribution in [2.75, 3.05) is 11.9 Å². The number of hydrogen-bond acceptors (Lipinski definition) is 2. The van der Waals surface area contributed by atoms with Gasteiger partial charge in [0.1, 0.15) is 0 Å². The van der Waals surface area contributed by atoms with Gasteiger partial charge >= 0.3 is 0 Å². The first-order chi connectivity index (χ1) is 6.38. The number of halogens is 1. The molecule has 1 aromatic rings. The second-order valence-corrected chi connectivity index (χ2v) is 5.12. The van der Waals surface area contributed by atoms with Gasteiger partial charge in [-0.3, -0.25) is 0 Å². The Morgan fingerprint density at radius 2 is 2.07 bits per heavy atom. The maximum atomic E-state index is 5.95. The molecule has 78 valence electrons. The third kappa shape index (κ3) is 3.54. The van der Waals surface area contributed by atoms with Crippen molar-refractivity contribution in [2.24, 2.45) is 5.41 Å². The van der Waals surface area contributed by atoms with Crippen LogP contribution in [0.15, 0.2) is 12.3 Å². The predicted molar refractivity (Wildman–Crippen MR) is 61.9 cm³/mol. The van der Waals surface area contributed by atoms with Crippen molar-refractivity contribution in [3.63, 3.8) is 0 Å². The van der Waals surface area contributed by atoms with Gasteiger partial charge in [0.05, 0.1) is 5.69 Å². The summed E-state index contributed by atoms with van der Waals surface area (Å²) < 4.78 is 0. The normalized spacial score (nSPS) is 11.5. The molecule has 0 aliphatic rings. The Hall–Kier alpha value is -0.760. The molecule has 0 aliphatic heterocycles. The highest BCUT2D eigenvalue weighted by molar-refractivity contribution is 6.31. The molecule has 0 spiro atoms. The summed E-state index contributed by atoms with van der Waals surface area (Å²) in [4.78, 5) is 4.08. The molecule has 2 nitrogen and oxygen atoms in total. The van der Waals surface area contributed by atoms with E-state index in [0.717, 1.165) is 17.8 Å². The van der Waals surface area contributed by atoms with E-state index in [2.05, 4.69) is 31.1 Å². The standard InChI is InChI=1S/C11H17ClN2/c1-8-5-9(10(12)13-6-8)14-7-11(2,3)4/h5-6,14H,7H2,1-4H3. The lowest BCUT2D eigenvalue weighted by molar-refractivity contribution is 0.443. The molecule has 0 amide bonds. The molecule has 1 aromatic heterocycles. The minimum absolute atomic E-state index is 0.243. The van der Waals surface area contributed by atoms with Gasteiger partial charge in [0.2, 0.25) is 0 Å². The highest BCUT2D eigenvalue weighted by Crippen LogP contribution is 2.22. The third-order valence-corrected chi connectivity index (χ3v) is 2.09. The molecule has 0 saturated carbocycles.